The van der Waals surface area contributed by atoms with Gasteiger partial charge in [-0.1, -0.05) is 23.4 Å². The maximum absolute atomic E-state index is 4.92. The predicted molar refractivity (Wildman–Crippen MR) is 107 cm³/mol. The van der Waals surface area contributed by atoms with E-state index in [0.717, 1.165) is 57.3 Å². The standard InChI is InChI=1S/C20H26N6O/c1-21-20(22-8-6-16-14-23-19-5-3-2-4-18(16)19)26-11-9-25(10-12-26)15-17-7-13-27-24-17/h2-5,7,13-14,23H,6,8-12,15H2,1H3,(H,21,22). The van der Waals surface area contributed by atoms with Crippen molar-refractivity contribution in [1.29, 1.82) is 0 Å². The molecule has 2 N–H and O–H groups in total. The van der Waals surface area contributed by atoms with Crippen LogP contribution in [0.25, 0.3) is 10.9 Å². The number of piperazine rings is 1. The van der Waals surface area contributed by atoms with E-state index in [1.807, 2.05) is 13.1 Å². The monoisotopic (exact) mass is 366 g/mol. The summed E-state index contributed by atoms with van der Waals surface area (Å²) in [5, 5.41) is 8.82. The smallest absolute Gasteiger partial charge is 0.193 e. The molecule has 3 heterocycles. The van der Waals surface area contributed by atoms with E-state index in [4.69, 9.17) is 4.52 Å². The van der Waals surface area contributed by atoms with Gasteiger partial charge in [0.05, 0.1) is 5.69 Å². The fraction of sp³-hybridized carbons (Fsp3) is 0.400. The summed E-state index contributed by atoms with van der Waals surface area (Å²) in [5.41, 5.74) is 3.52. The molecule has 27 heavy (non-hydrogen) atoms. The Labute approximate surface area is 159 Å². The Morgan fingerprint density at radius 3 is 2.85 bits per heavy atom. The highest BCUT2D eigenvalue weighted by Gasteiger charge is 2.20. The molecule has 0 unspecified atom stereocenters. The number of aromatic amines is 1. The Morgan fingerprint density at radius 2 is 2.07 bits per heavy atom. The number of nitrogens with zero attached hydrogens (tertiary/aromatic N) is 4. The molecule has 0 bridgehead atoms. The first-order valence-corrected chi connectivity index (χ1v) is 9.45. The third-order valence-corrected chi connectivity index (χ3v) is 5.11. The van der Waals surface area contributed by atoms with Gasteiger partial charge in [0.2, 0.25) is 0 Å². The maximum Gasteiger partial charge on any atom is 0.193 e. The van der Waals surface area contributed by atoms with Gasteiger partial charge in [0, 0.05) is 69.5 Å². The van der Waals surface area contributed by atoms with Crippen LogP contribution in [0.2, 0.25) is 0 Å². The molecule has 0 atom stereocenters. The van der Waals surface area contributed by atoms with Crippen molar-refractivity contribution in [2.45, 2.75) is 13.0 Å². The SMILES string of the molecule is CN=C(NCCc1c[nH]c2ccccc12)N1CCN(Cc2ccon2)CC1. The van der Waals surface area contributed by atoms with E-state index in [1.54, 1.807) is 6.26 Å². The molecule has 3 aromatic rings. The highest BCUT2D eigenvalue weighted by molar-refractivity contribution is 5.83. The molecular weight excluding hydrogens is 340 g/mol. The Kier molecular flexibility index (Phi) is 5.39. The number of nitrogens with one attached hydrogen (secondary N) is 2. The predicted octanol–water partition coefficient (Wildman–Crippen LogP) is 2.09. The molecule has 0 saturated carbocycles. The molecule has 1 aromatic carbocycles. The molecule has 1 fully saturated rings. The van der Waals surface area contributed by atoms with Crippen molar-refractivity contribution in [1.82, 2.24) is 25.3 Å². The van der Waals surface area contributed by atoms with Gasteiger partial charge in [0.1, 0.15) is 6.26 Å². The molecule has 1 saturated heterocycles. The third kappa shape index (κ3) is 4.14. The quantitative estimate of drug-likeness (QED) is 0.534. The minimum atomic E-state index is 0.844. The van der Waals surface area contributed by atoms with Crippen LogP contribution in [0, 0.1) is 0 Å². The summed E-state index contributed by atoms with van der Waals surface area (Å²) in [4.78, 5) is 12.5. The summed E-state index contributed by atoms with van der Waals surface area (Å²) in [5.74, 6) is 0.982. The Balaban J connectivity index is 1.26. The number of hydrogen-bond donors (Lipinski definition) is 2. The van der Waals surface area contributed by atoms with Gasteiger partial charge in [-0.05, 0) is 18.1 Å². The largest absolute Gasteiger partial charge is 0.364 e. The number of para-hydroxylation sites is 1. The number of fused-ring (bicyclic) bond motifs is 1. The van der Waals surface area contributed by atoms with Gasteiger partial charge in [-0.2, -0.15) is 0 Å². The van der Waals surface area contributed by atoms with E-state index < -0.39 is 0 Å². The summed E-state index contributed by atoms with van der Waals surface area (Å²) in [6, 6.07) is 10.4. The van der Waals surface area contributed by atoms with Crippen LogP contribution in [0.4, 0.5) is 0 Å². The van der Waals surface area contributed by atoms with Crippen LogP contribution in [-0.4, -0.2) is 65.7 Å². The van der Waals surface area contributed by atoms with E-state index >= 15 is 0 Å². The summed E-state index contributed by atoms with van der Waals surface area (Å²) in [6.45, 7) is 5.63. The Morgan fingerprint density at radius 1 is 1.22 bits per heavy atom. The zero-order chi connectivity index (χ0) is 18.5. The van der Waals surface area contributed by atoms with Crippen molar-refractivity contribution in [2.24, 2.45) is 4.99 Å². The molecule has 0 amide bonds. The summed E-state index contributed by atoms with van der Waals surface area (Å²) >= 11 is 0. The van der Waals surface area contributed by atoms with Gasteiger partial charge in [0.25, 0.3) is 0 Å². The molecule has 0 spiro atoms. The van der Waals surface area contributed by atoms with Gasteiger partial charge >= 0.3 is 0 Å². The van der Waals surface area contributed by atoms with Crippen molar-refractivity contribution in [3.8, 4) is 0 Å². The third-order valence-electron chi connectivity index (χ3n) is 5.11. The minimum Gasteiger partial charge on any atom is -0.364 e. The fourth-order valence-corrected chi connectivity index (χ4v) is 3.65. The first-order valence-electron chi connectivity index (χ1n) is 9.45. The second-order valence-corrected chi connectivity index (χ2v) is 6.84. The second kappa shape index (κ2) is 8.26. The van der Waals surface area contributed by atoms with Crippen LogP contribution >= 0.6 is 0 Å². The minimum absolute atomic E-state index is 0.844. The van der Waals surface area contributed by atoms with Crippen LogP contribution in [-0.2, 0) is 13.0 Å². The number of aromatic nitrogens is 2. The number of H-pyrrole nitrogens is 1. The molecule has 2 aromatic heterocycles. The molecular formula is C20H26N6O. The average Bonchev–Trinajstić information content (AvgIpc) is 3.36. The van der Waals surface area contributed by atoms with Crippen LogP contribution in [0.1, 0.15) is 11.3 Å². The van der Waals surface area contributed by atoms with E-state index in [2.05, 4.69) is 60.7 Å². The fourth-order valence-electron chi connectivity index (χ4n) is 3.65. The topological polar surface area (TPSA) is 72.7 Å². The number of aliphatic imine (C=N–C) groups is 1. The van der Waals surface area contributed by atoms with Gasteiger partial charge in [0.15, 0.2) is 5.96 Å². The van der Waals surface area contributed by atoms with Gasteiger partial charge in [-0.25, -0.2) is 0 Å². The first-order chi connectivity index (χ1) is 13.3. The number of guanidine groups is 1. The molecule has 1 aliphatic heterocycles. The Bertz CT molecular complexity index is 877. The lowest BCUT2D eigenvalue weighted by Gasteiger charge is -2.36. The van der Waals surface area contributed by atoms with Crippen LogP contribution in [0.3, 0.4) is 0 Å². The van der Waals surface area contributed by atoms with Crippen LogP contribution in [0.15, 0.2) is 52.3 Å². The normalized spacial score (nSPS) is 16.2. The number of benzene rings is 1. The Hall–Kier alpha value is -2.80. The van der Waals surface area contributed by atoms with Gasteiger partial charge in [-0.3, -0.25) is 9.89 Å². The van der Waals surface area contributed by atoms with E-state index in [-0.39, 0.29) is 0 Å². The zero-order valence-corrected chi connectivity index (χ0v) is 15.7. The van der Waals surface area contributed by atoms with Crippen LogP contribution < -0.4 is 5.32 Å². The van der Waals surface area contributed by atoms with Crippen molar-refractivity contribution < 1.29 is 4.52 Å². The molecule has 142 valence electrons. The van der Waals surface area contributed by atoms with E-state index in [0.29, 0.717) is 0 Å². The van der Waals surface area contributed by atoms with E-state index in [1.165, 1.54) is 16.5 Å². The molecule has 0 radical (unpaired) electrons. The first kappa shape index (κ1) is 17.6. The van der Waals surface area contributed by atoms with Gasteiger partial charge < -0.3 is 19.7 Å². The van der Waals surface area contributed by atoms with Crippen molar-refractivity contribution in [3.63, 3.8) is 0 Å². The highest BCUT2D eigenvalue weighted by Crippen LogP contribution is 2.17. The summed E-state index contributed by atoms with van der Waals surface area (Å²) in [6.07, 6.45) is 4.71. The lowest BCUT2D eigenvalue weighted by Crippen LogP contribution is -2.52. The summed E-state index contributed by atoms with van der Waals surface area (Å²) < 4.78 is 4.92. The lowest BCUT2D eigenvalue weighted by molar-refractivity contribution is 0.169. The zero-order valence-electron chi connectivity index (χ0n) is 15.7. The van der Waals surface area contributed by atoms with Crippen molar-refractivity contribution in [2.75, 3.05) is 39.8 Å². The average molecular weight is 366 g/mol. The molecule has 7 nitrogen and oxygen atoms in total. The number of rotatable bonds is 5. The van der Waals surface area contributed by atoms with Crippen LogP contribution in [0.5, 0.6) is 0 Å². The maximum atomic E-state index is 4.92. The summed E-state index contributed by atoms with van der Waals surface area (Å²) in [7, 11) is 1.86. The van der Waals surface area contributed by atoms with Crippen molar-refractivity contribution in [3.05, 3.63) is 54.0 Å². The highest BCUT2D eigenvalue weighted by atomic mass is 16.5. The van der Waals surface area contributed by atoms with E-state index in [9.17, 15) is 0 Å². The number of hydrogen-bond acceptors (Lipinski definition) is 4. The van der Waals surface area contributed by atoms with Crippen molar-refractivity contribution >= 4 is 16.9 Å². The second-order valence-electron chi connectivity index (χ2n) is 6.84. The molecule has 0 aliphatic carbocycles. The molecule has 7 heteroatoms. The molecule has 4 rings (SSSR count). The molecule has 1 aliphatic rings. The van der Waals surface area contributed by atoms with Gasteiger partial charge in [-0.15, -0.1) is 0 Å². The lowest BCUT2D eigenvalue weighted by atomic mass is 10.1.